The van der Waals surface area contributed by atoms with Crippen molar-refractivity contribution in [2.45, 2.75) is 19.0 Å². The number of ether oxygens (including phenoxy) is 2. The maximum Gasteiger partial charge on any atom is 0.247 e. The van der Waals surface area contributed by atoms with Crippen molar-refractivity contribution in [2.24, 2.45) is 0 Å². The topological polar surface area (TPSA) is 72.9 Å². The summed E-state index contributed by atoms with van der Waals surface area (Å²) in [5, 5.41) is 2.14. The minimum Gasteiger partial charge on any atom is -0.493 e. The van der Waals surface area contributed by atoms with Crippen LogP contribution in [0, 0.1) is 0 Å². The fourth-order valence-electron chi connectivity index (χ4n) is 4.24. The molecule has 33 heavy (non-hydrogen) atoms. The van der Waals surface area contributed by atoms with Gasteiger partial charge in [-0.25, -0.2) is 8.42 Å². The molecule has 172 valence electrons. The molecule has 1 amide bonds. The fraction of sp³-hybridized carbons (Fsp3) is 0.269. The van der Waals surface area contributed by atoms with Gasteiger partial charge in [0.25, 0.3) is 0 Å². The summed E-state index contributed by atoms with van der Waals surface area (Å²) in [6.07, 6.45) is 3.66. The Morgan fingerprint density at radius 1 is 1.03 bits per heavy atom. The Kier molecular flexibility index (Phi) is 6.70. The van der Waals surface area contributed by atoms with Crippen molar-refractivity contribution in [1.82, 2.24) is 4.90 Å². The third kappa shape index (κ3) is 5.20. The monoisotopic (exact) mass is 465 g/mol. The normalized spacial score (nSPS) is 17.3. The second-order valence-corrected chi connectivity index (χ2v) is 10.3. The molecule has 3 aromatic carbocycles. The van der Waals surface area contributed by atoms with Crippen LogP contribution in [-0.4, -0.2) is 51.0 Å². The number of fused-ring (bicyclic) bond motifs is 1. The molecule has 4 rings (SSSR count). The van der Waals surface area contributed by atoms with Crippen molar-refractivity contribution in [3.8, 4) is 11.5 Å². The van der Waals surface area contributed by atoms with Crippen molar-refractivity contribution in [2.75, 3.05) is 25.7 Å². The van der Waals surface area contributed by atoms with Gasteiger partial charge in [-0.05, 0) is 46.5 Å². The van der Waals surface area contributed by atoms with Crippen molar-refractivity contribution < 1.29 is 22.7 Å². The molecule has 7 heteroatoms. The number of hydrogen-bond donors (Lipinski definition) is 0. The molecule has 0 aliphatic carbocycles. The first kappa shape index (κ1) is 22.9. The average molecular weight is 466 g/mol. The largest absolute Gasteiger partial charge is 0.493 e. The molecule has 6 nitrogen and oxygen atoms in total. The van der Waals surface area contributed by atoms with Crippen LogP contribution < -0.4 is 9.47 Å². The number of methoxy groups -OCH3 is 2. The molecule has 0 radical (unpaired) electrons. The van der Waals surface area contributed by atoms with Gasteiger partial charge in [-0.15, -0.1) is 0 Å². The van der Waals surface area contributed by atoms with Gasteiger partial charge in [-0.3, -0.25) is 4.79 Å². The lowest BCUT2D eigenvalue weighted by Crippen LogP contribution is -2.39. The molecule has 1 heterocycles. The van der Waals surface area contributed by atoms with E-state index in [1.165, 1.54) is 6.08 Å². The van der Waals surface area contributed by atoms with E-state index < -0.39 is 9.84 Å². The summed E-state index contributed by atoms with van der Waals surface area (Å²) >= 11 is 0. The van der Waals surface area contributed by atoms with Gasteiger partial charge in [0.2, 0.25) is 5.91 Å². The van der Waals surface area contributed by atoms with E-state index >= 15 is 0 Å². The van der Waals surface area contributed by atoms with Crippen LogP contribution in [-0.2, 0) is 21.2 Å². The van der Waals surface area contributed by atoms with Crippen molar-refractivity contribution in [3.63, 3.8) is 0 Å². The van der Waals surface area contributed by atoms with E-state index in [0.29, 0.717) is 24.5 Å². The Hall–Kier alpha value is -3.32. The molecule has 0 aromatic heterocycles. The number of amides is 1. The molecule has 0 N–H and O–H groups in total. The van der Waals surface area contributed by atoms with Gasteiger partial charge < -0.3 is 14.4 Å². The minimum absolute atomic E-state index is 0.00625. The zero-order valence-corrected chi connectivity index (χ0v) is 19.5. The lowest BCUT2D eigenvalue weighted by atomic mass is 10.0. The number of carbonyl (C=O) groups excluding carboxylic acids is 1. The molecular formula is C26H27NO5S. The summed E-state index contributed by atoms with van der Waals surface area (Å²) in [6, 6.07) is 19.0. The predicted octanol–water partition coefficient (Wildman–Crippen LogP) is 4.09. The third-order valence-corrected chi connectivity index (χ3v) is 7.73. The molecule has 1 unspecified atom stereocenters. The molecule has 1 aliphatic rings. The Balaban J connectivity index is 1.63. The maximum atomic E-state index is 13.3. The molecule has 0 bridgehead atoms. The SMILES string of the molecule is COc1ccc(C=CC(=O)N(Cc2cccc3ccccc23)C2CCS(=O)(=O)C2)cc1OC. The molecule has 1 atom stereocenters. The van der Waals surface area contributed by atoms with Gasteiger partial charge in [0.15, 0.2) is 21.3 Å². The molecule has 1 fully saturated rings. The minimum atomic E-state index is -3.14. The first-order valence-electron chi connectivity index (χ1n) is 10.8. The van der Waals surface area contributed by atoms with Crippen molar-refractivity contribution in [1.29, 1.82) is 0 Å². The molecule has 0 spiro atoms. The smallest absolute Gasteiger partial charge is 0.247 e. The van der Waals surface area contributed by atoms with E-state index in [9.17, 15) is 13.2 Å². The second kappa shape index (κ2) is 9.67. The summed E-state index contributed by atoms with van der Waals surface area (Å²) in [6.45, 7) is 0.344. The van der Waals surface area contributed by atoms with E-state index in [1.807, 2.05) is 48.5 Å². The summed E-state index contributed by atoms with van der Waals surface area (Å²) in [7, 11) is -0.0154. The van der Waals surface area contributed by atoms with Crippen LogP contribution in [0.5, 0.6) is 11.5 Å². The zero-order valence-electron chi connectivity index (χ0n) is 18.7. The average Bonchev–Trinajstić information content (AvgIpc) is 3.19. The molecular weight excluding hydrogens is 438 g/mol. The second-order valence-electron chi connectivity index (χ2n) is 8.11. The lowest BCUT2D eigenvalue weighted by molar-refractivity contribution is -0.128. The predicted molar refractivity (Wildman–Crippen MR) is 130 cm³/mol. The summed E-state index contributed by atoms with van der Waals surface area (Å²) in [5.74, 6) is 1.06. The van der Waals surface area contributed by atoms with Gasteiger partial charge in [-0.2, -0.15) is 0 Å². The number of hydrogen-bond acceptors (Lipinski definition) is 5. The van der Waals surface area contributed by atoms with Crippen LogP contribution >= 0.6 is 0 Å². The Bertz CT molecular complexity index is 1290. The fourth-order valence-corrected chi connectivity index (χ4v) is 5.97. The number of carbonyl (C=O) groups is 1. The van der Waals surface area contributed by atoms with Gasteiger partial charge in [-0.1, -0.05) is 48.5 Å². The van der Waals surface area contributed by atoms with Crippen LogP contribution in [0.4, 0.5) is 0 Å². The van der Waals surface area contributed by atoms with E-state index in [0.717, 1.165) is 21.9 Å². The van der Waals surface area contributed by atoms with E-state index in [-0.39, 0.29) is 23.5 Å². The number of nitrogens with zero attached hydrogens (tertiary/aromatic N) is 1. The summed E-state index contributed by atoms with van der Waals surface area (Å²) < 4.78 is 34.9. The number of sulfone groups is 1. The zero-order chi connectivity index (χ0) is 23.4. The van der Waals surface area contributed by atoms with Crippen molar-refractivity contribution >= 4 is 32.6 Å². The third-order valence-electron chi connectivity index (χ3n) is 5.98. The lowest BCUT2D eigenvalue weighted by Gasteiger charge is -2.28. The Morgan fingerprint density at radius 3 is 2.52 bits per heavy atom. The van der Waals surface area contributed by atoms with Crippen LogP contribution in [0.2, 0.25) is 0 Å². The van der Waals surface area contributed by atoms with Gasteiger partial charge in [0.05, 0.1) is 25.7 Å². The molecule has 3 aromatic rings. The highest BCUT2D eigenvalue weighted by molar-refractivity contribution is 7.91. The van der Waals surface area contributed by atoms with Crippen LogP contribution in [0.1, 0.15) is 17.5 Å². The highest BCUT2D eigenvalue weighted by Crippen LogP contribution is 2.28. The standard InChI is InChI=1S/C26H27NO5S/c1-31-24-12-10-19(16-25(24)32-2)11-13-26(28)27(22-14-15-33(29,30)18-22)17-21-8-5-7-20-6-3-4-9-23(20)21/h3-13,16,22H,14-15,17-18H2,1-2H3. The van der Waals surface area contributed by atoms with E-state index in [2.05, 4.69) is 0 Å². The molecule has 0 saturated carbocycles. The molecule has 1 saturated heterocycles. The van der Waals surface area contributed by atoms with Crippen molar-refractivity contribution in [3.05, 3.63) is 77.9 Å². The number of benzene rings is 3. The van der Waals surface area contributed by atoms with Gasteiger partial charge in [0, 0.05) is 18.7 Å². The first-order chi connectivity index (χ1) is 15.9. The van der Waals surface area contributed by atoms with E-state index in [1.54, 1.807) is 37.3 Å². The maximum absolute atomic E-state index is 13.3. The summed E-state index contributed by atoms with van der Waals surface area (Å²) in [5.41, 5.74) is 1.77. The van der Waals surface area contributed by atoms with Gasteiger partial charge >= 0.3 is 0 Å². The molecule has 1 aliphatic heterocycles. The Morgan fingerprint density at radius 2 is 1.79 bits per heavy atom. The van der Waals surface area contributed by atoms with Gasteiger partial charge in [0.1, 0.15) is 0 Å². The highest BCUT2D eigenvalue weighted by atomic mass is 32.2. The highest BCUT2D eigenvalue weighted by Gasteiger charge is 2.34. The number of rotatable bonds is 7. The van der Waals surface area contributed by atoms with Crippen LogP contribution in [0.15, 0.2) is 66.7 Å². The summed E-state index contributed by atoms with van der Waals surface area (Å²) in [4.78, 5) is 15.0. The Labute approximate surface area is 194 Å². The van der Waals surface area contributed by atoms with E-state index in [4.69, 9.17) is 9.47 Å². The van der Waals surface area contributed by atoms with Crippen LogP contribution in [0.25, 0.3) is 16.8 Å². The quantitative estimate of drug-likeness (QED) is 0.492. The first-order valence-corrected chi connectivity index (χ1v) is 12.6. The van der Waals surface area contributed by atoms with Crippen LogP contribution in [0.3, 0.4) is 0 Å².